The number of aliphatic hydroxyl groups is 7. The summed E-state index contributed by atoms with van der Waals surface area (Å²) >= 11 is 0. The maximum Gasteiger partial charge on any atom is 0.248 e. The van der Waals surface area contributed by atoms with Crippen molar-refractivity contribution >= 4 is 41.4 Å². The smallest absolute Gasteiger partial charge is 0.248 e. The van der Waals surface area contributed by atoms with E-state index < -0.39 is 146 Å². The number of unbranched alkanes of at least 4 members (excludes halogenated alkanes) is 5. The summed E-state index contributed by atoms with van der Waals surface area (Å²) in [4.78, 5) is 102. The first-order valence-electron chi connectivity index (χ1n) is 27.3. The molecular formula is C52H88N10O15. The number of aliphatic hydroxyl groups excluding tert-OH is 7. The van der Waals surface area contributed by atoms with Gasteiger partial charge in [0.25, 0.3) is 0 Å². The number of hydrogen-bond donors (Lipinski definition) is 16. The number of hydrogen-bond acceptors (Lipinski definition) is 18. The van der Waals surface area contributed by atoms with E-state index in [-0.39, 0.29) is 56.8 Å². The first-order chi connectivity index (χ1) is 36.5. The molecule has 1 aromatic rings. The molecule has 4 rings (SSSR count). The number of amides is 7. The topological polar surface area (TPSA) is 412 Å². The number of carbonyl (C=O) groups excluding carboxylic acids is 7. The maximum absolute atomic E-state index is 14.6. The van der Waals surface area contributed by atoms with Crippen LogP contribution in [0.1, 0.15) is 129 Å². The highest BCUT2D eigenvalue weighted by Gasteiger charge is 2.49. The standard InChI is InChI=1S/C52H88N10O15/c1-5-28(2)24-29(3)12-10-8-6-7-9-11-13-39(69)56-34-26-38(68)46(55-22-21-54)60-50(75)43-37(67)19-23-61(43)52(77)41(36(66)18-20-53)58-49(74)42(45(71)44(70)31-14-16-32(64)17-15-31)59-48(73)35-25-33(65)27-62(35)51(76)40(30(4)63)57-47(34)72/h14-17,28-30,33-38,40-46,55,63-68,70-71H,5-13,18-27,53-54H2,1-4H3,(H,56,69)(H,57,72)(H,58,74)(H,59,73)(H,60,75)/t28?,29?,30-,33-,34?,35+,36-,37+,38-,40?,41+,42+,43+,44+,45+,46+/m1/s1. The number of phenols is 1. The first kappa shape index (κ1) is 64.4. The van der Waals surface area contributed by atoms with Crippen LogP contribution in [0, 0.1) is 11.8 Å². The molecule has 77 heavy (non-hydrogen) atoms. The zero-order valence-electron chi connectivity index (χ0n) is 45.0. The quantitative estimate of drug-likeness (QED) is 0.0477. The second kappa shape index (κ2) is 31.5. The molecule has 3 fully saturated rings. The molecule has 16 atom stereocenters. The average molecular weight is 1090 g/mol. The largest absolute Gasteiger partial charge is 0.508 e. The molecule has 0 saturated carbocycles. The molecule has 0 spiro atoms. The number of carbonyl (C=O) groups is 7. The highest BCUT2D eigenvalue weighted by Crippen LogP contribution is 2.27. The Bertz CT molecular complexity index is 2070. The van der Waals surface area contributed by atoms with Crippen LogP contribution >= 0.6 is 0 Å². The minimum Gasteiger partial charge on any atom is -0.508 e. The van der Waals surface area contributed by atoms with Crippen molar-refractivity contribution in [3.05, 3.63) is 29.8 Å². The minimum atomic E-state index is -2.28. The molecule has 436 valence electrons. The highest BCUT2D eigenvalue weighted by atomic mass is 16.3. The van der Waals surface area contributed by atoms with Crippen molar-refractivity contribution in [1.29, 1.82) is 0 Å². The molecule has 0 radical (unpaired) electrons. The fraction of sp³-hybridized carbons (Fsp3) is 0.750. The molecule has 0 bridgehead atoms. The lowest BCUT2D eigenvalue weighted by molar-refractivity contribution is -0.148. The van der Waals surface area contributed by atoms with E-state index in [1.807, 2.05) is 0 Å². The van der Waals surface area contributed by atoms with Crippen LogP contribution in [0.3, 0.4) is 0 Å². The van der Waals surface area contributed by atoms with Crippen molar-refractivity contribution in [3.8, 4) is 5.75 Å². The van der Waals surface area contributed by atoms with E-state index in [9.17, 15) is 74.4 Å². The molecule has 3 aliphatic rings. The van der Waals surface area contributed by atoms with Gasteiger partial charge in [-0.25, -0.2) is 0 Å². The summed E-state index contributed by atoms with van der Waals surface area (Å²) < 4.78 is 0. The third-order valence-electron chi connectivity index (χ3n) is 14.9. The second-order valence-corrected chi connectivity index (χ2v) is 21.3. The Morgan fingerprint density at radius 3 is 1.97 bits per heavy atom. The Hall–Kier alpha value is -5.09. The van der Waals surface area contributed by atoms with Crippen LogP contribution in [0.2, 0.25) is 0 Å². The summed E-state index contributed by atoms with van der Waals surface area (Å²) in [6.45, 7) is 6.73. The molecule has 25 heteroatoms. The third-order valence-corrected chi connectivity index (χ3v) is 14.9. The molecule has 7 amide bonds. The van der Waals surface area contributed by atoms with Crippen molar-refractivity contribution in [2.45, 2.75) is 203 Å². The van der Waals surface area contributed by atoms with Crippen LogP contribution < -0.4 is 43.4 Å². The predicted molar refractivity (Wildman–Crippen MR) is 280 cm³/mol. The number of nitrogens with zero attached hydrogens (tertiary/aromatic N) is 2. The van der Waals surface area contributed by atoms with E-state index in [1.165, 1.54) is 30.7 Å². The number of fused-ring (bicyclic) bond motifs is 2. The lowest BCUT2D eigenvalue weighted by Gasteiger charge is -2.35. The molecular weight excluding hydrogens is 1000 g/mol. The van der Waals surface area contributed by atoms with Gasteiger partial charge in [-0.1, -0.05) is 77.8 Å². The lowest BCUT2D eigenvalue weighted by atomic mass is 9.91. The van der Waals surface area contributed by atoms with Crippen molar-refractivity contribution in [2.24, 2.45) is 23.3 Å². The third kappa shape index (κ3) is 18.8. The number of benzene rings is 1. The van der Waals surface area contributed by atoms with Gasteiger partial charge in [0, 0.05) is 45.4 Å². The van der Waals surface area contributed by atoms with Crippen LogP contribution in [-0.4, -0.2) is 204 Å². The van der Waals surface area contributed by atoms with Gasteiger partial charge in [0.2, 0.25) is 41.4 Å². The van der Waals surface area contributed by atoms with Gasteiger partial charge in [0.1, 0.15) is 60.4 Å². The van der Waals surface area contributed by atoms with Crippen LogP contribution in [0.15, 0.2) is 24.3 Å². The summed E-state index contributed by atoms with van der Waals surface area (Å²) in [6, 6.07) is -6.40. The average Bonchev–Trinajstić information content (AvgIpc) is 3.99. The van der Waals surface area contributed by atoms with Crippen LogP contribution in [-0.2, 0) is 33.6 Å². The van der Waals surface area contributed by atoms with E-state index in [0.29, 0.717) is 24.7 Å². The van der Waals surface area contributed by atoms with Crippen LogP contribution in [0.5, 0.6) is 5.75 Å². The number of nitrogens with two attached hydrogens (primary N) is 2. The molecule has 4 unspecified atom stereocenters. The monoisotopic (exact) mass is 1090 g/mol. The second-order valence-electron chi connectivity index (χ2n) is 21.3. The van der Waals surface area contributed by atoms with Crippen molar-refractivity contribution in [3.63, 3.8) is 0 Å². The minimum absolute atomic E-state index is 0.0257. The zero-order valence-corrected chi connectivity index (χ0v) is 45.0. The van der Waals surface area contributed by atoms with Gasteiger partial charge in [-0.15, -0.1) is 0 Å². The van der Waals surface area contributed by atoms with Gasteiger partial charge in [-0.2, -0.15) is 0 Å². The zero-order chi connectivity index (χ0) is 57.1. The van der Waals surface area contributed by atoms with E-state index in [4.69, 9.17) is 11.5 Å². The Balaban J connectivity index is 1.73. The lowest BCUT2D eigenvalue weighted by Crippen LogP contribution is -2.65. The van der Waals surface area contributed by atoms with E-state index >= 15 is 0 Å². The fourth-order valence-corrected chi connectivity index (χ4v) is 10.2. The number of rotatable bonds is 23. The van der Waals surface area contributed by atoms with Gasteiger partial charge in [-0.05, 0) is 68.7 Å². The maximum atomic E-state index is 14.6. The number of aromatic hydroxyl groups is 1. The normalized spacial score (nSPS) is 28.6. The summed E-state index contributed by atoms with van der Waals surface area (Å²) in [5, 5.41) is 104. The van der Waals surface area contributed by atoms with Gasteiger partial charge >= 0.3 is 0 Å². The van der Waals surface area contributed by atoms with Crippen LogP contribution in [0.25, 0.3) is 0 Å². The van der Waals surface area contributed by atoms with Gasteiger partial charge < -0.3 is 88.7 Å². The van der Waals surface area contributed by atoms with E-state index in [1.54, 1.807) is 0 Å². The molecule has 0 aliphatic carbocycles. The highest BCUT2D eigenvalue weighted by molar-refractivity contribution is 5.98. The molecule has 1 aromatic carbocycles. The summed E-state index contributed by atoms with van der Waals surface area (Å²) in [5.41, 5.74) is 11.5. The molecule has 3 heterocycles. The fourth-order valence-electron chi connectivity index (χ4n) is 10.2. The molecule has 0 aromatic heterocycles. The first-order valence-corrected chi connectivity index (χ1v) is 27.3. The summed E-state index contributed by atoms with van der Waals surface area (Å²) in [5.74, 6) is -6.43. The number of phenolic OH excluding ortho intramolecular Hbond substituents is 1. The van der Waals surface area contributed by atoms with Crippen molar-refractivity contribution < 1.29 is 74.4 Å². The Labute approximate surface area is 450 Å². The summed E-state index contributed by atoms with van der Waals surface area (Å²) in [6.07, 6.45) is -6.95. The van der Waals surface area contributed by atoms with Gasteiger partial charge in [-0.3, -0.25) is 38.9 Å². The van der Waals surface area contributed by atoms with E-state index in [2.05, 4.69) is 52.7 Å². The molecule has 3 aliphatic heterocycles. The van der Waals surface area contributed by atoms with Gasteiger partial charge in [0.05, 0.1) is 30.5 Å². The Morgan fingerprint density at radius 1 is 0.714 bits per heavy atom. The van der Waals surface area contributed by atoms with Gasteiger partial charge in [0.15, 0.2) is 0 Å². The summed E-state index contributed by atoms with van der Waals surface area (Å²) in [7, 11) is 0. The van der Waals surface area contributed by atoms with Crippen LogP contribution in [0.4, 0.5) is 0 Å². The SMILES string of the molecule is CCC(C)CC(C)CCCCCCCCC(=O)NC1C[C@@H](O)[C@@H](NCCN)NC(=O)[C@@H]2[C@@H](O)CCN2C(=O)[C@H]([C@H](O)CCN)NC(=O)[C@H]([C@H](O)[C@@H](O)c2ccc(O)cc2)NC(=O)[C@@H]2C[C@@H](O)CN2C(=O)C([C@@H](C)O)NC1=O. The number of nitrogens with one attached hydrogen (secondary N) is 6. The Kier molecular flexibility index (Phi) is 26.4. The molecule has 18 N–H and O–H groups in total. The molecule has 25 nitrogen and oxygen atoms in total. The van der Waals surface area contributed by atoms with Crippen molar-refractivity contribution in [2.75, 3.05) is 32.7 Å². The molecule has 3 saturated heterocycles. The van der Waals surface area contributed by atoms with E-state index in [0.717, 1.165) is 55.2 Å². The van der Waals surface area contributed by atoms with Crippen molar-refractivity contribution in [1.82, 2.24) is 41.7 Å². The predicted octanol–water partition coefficient (Wildman–Crippen LogP) is -3.31. The Morgan fingerprint density at radius 2 is 1.34 bits per heavy atom.